The normalized spacial score (nSPS) is 16.1. The quantitative estimate of drug-likeness (QED) is 0.893. The van der Waals surface area contributed by atoms with Crippen LogP contribution in [0.15, 0.2) is 0 Å². The number of thioether (sulfide) groups is 1. The van der Waals surface area contributed by atoms with Crippen LogP contribution >= 0.6 is 11.8 Å². The molecule has 0 fully saturated rings. The average Bonchev–Trinajstić information content (AvgIpc) is 2.76. The van der Waals surface area contributed by atoms with E-state index in [2.05, 4.69) is 29.1 Å². The van der Waals surface area contributed by atoms with E-state index >= 15 is 0 Å². The molecule has 1 atom stereocenters. The van der Waals surface area contributed by atoms with Crippen LogP contribution in [0.4, 0.5) is 5.82 Å². The molecule has 0 radical (unpaired) electrons. The summed E-state index contributed by atoms with van der Waals surface area (Å²) in [5, 5.41) is 3.17. The molecule has 0 aliphatic carbocycles. The first kappa shape index (κ1) is 12.6. The molecule has 94 valence electrons. The van der Waals surface area contributed by atoms with E-state index in [0.717, 1.165) is 28.8 Å². The first-order valence-electron chi connectivity index (χ1n) is 5.85. The van der Waals surface area contributed by atoms with Crippen molar-refractivity contribution in [2.24, 2.45) is 5.92 Å². The molecular formula is C12H19N3OS. The van der Waals surface area contributed by atoms with Gasteiger partial charge in [-0.05, 0) is 5.92 Å². The molecular weight excluding hydrogens is 234 g/mol. The predicted molar refractivity (Wildman–Crippen MR) is 71.2 cm³/mol. The Morgan fingerprint density at radius 2 is 2.06 bits per heavy atom. The molecule has 17 heavy (non-hydrogen) atoms. The second-order valence-corrected chi connectivity index (χ2v) is 5.48. The average molecular weight is 253 g/mol. The number of rotatable bonds is 4. The summed E-state index contributed by atoms with van der Waals surface area (Å²) in [7, 11) is 3.63. The van der Waals surface area contributed by atoms with Crippen LogP contribution in [-0.2, 0) is 16.2 Å². The lowest BCUT2D eigenvalue weighted by atomic mass is 10.1. The Morgan fingerprint density at radius 1 is 1.29 bits per heavy atom. The van der Waals surface area contributed by atoms with Crippen molar-refractivity contribution >= 4 is 17.6 Å². The van der Waals surface area contributed by atoms with E-state index in [1.165, 1.54) is 5.56 Å². The molecule has 1 aliphatic rings. The Labute approximate surface area is 107 Å². The van der Waals surface area contributed by atoms with Crippen LogP contribution in [0, 0.1) is 5.92 Å². The zero-order valence-electron chi connectivity index (χ0n) is 10.8. The number of nitrogens with one attached hydrogen (secondary N) is 1. The third kappa shape index (κ3) is 2.40. The number of aromatic nitrogens is 2. The van der Waals surface area contributed by atoms with Crippen molar-refractivity contribution in [2.75, 3.05) is 19.5 Å². The highest BCUT2D eigenvalue weighted by molar-refractivity contribution is 7.98. The van der Waals surface area contributed by atoms with E-state index in [1.807, 2.05) is 18.8 Å². The van der Waals surface area contributed by atoms with Crippen LogP contribution in [0.25, 0.3) is 0 Å². The Hall–Kier alpha value is -0.810. The SMILES string of the molecule is CNc1nc(C(OC)C(C)C)nc2c1CSC2. The Bertz CT molecular complexity index is 409. The minimum atomic E-state index is -0.0296. The number of hydrogen-bond donors (Lipinski definition) is 1. The molecule has 0 spiro atoms. The van der Waals surface area contributed by atoms with Crippen molar-refractivity contribution in [3.8, 4) is 0 Å². The highest BCUT2D eigenvalue weighted by atomic mass is 32.2. The molecule has 1 unspecified atom stereocenters. The summed E-state index contributed by atoms with van der Waals surface area (Å²) in [5.74, 6) is 4.11. The standard InChI is InChI=1S/C12H19N3OS/c1-7(2)10(16-4)12-14-9-6-17-5-8(9)11(13-3)15-12/h7,10H,5-6H2,1-4H3,(H,13,14,15). The van der Waals surface area contributed by atoms with Crippen LogP contribution in [0.2, 0.25) is 0 Å². The highest BCUT2D eigenvalue weighted by Crippen LogP contribution is 2.34. The predicted octanol–water partition coefficient (Wildman–Crippen LogP) is 2.61. The molecule has 1 N–H and O–H groups in total. The second kappa shape index (κ2) is 5.23. The van der Waals surface area contributed by atoms with Gasteiger partial charge in [-0.3, -0.25) is 0 Å². The largest absolute Gasteiger partial charge is 0.373 e. The zero-order valence-corrected chi connectivity index (χ0v) is 11.6. The van der Waals surface area contributed by atoms with Gasteiger partial charge in [-0.2, -0.15) is 11.8 Å². The summed E-state index contributed by atoms with van der Waals surface area (Å²) in [5.41, 5.74) is 2.41. The van der Waals surface area contributed by atoms with Crippen LogP contribution in [0.1, 0.15) is 37.0 Å². The number of fused-ring (bicyclic) bond motifs is 1. The molecule has 2 rings (SSSR count). The molecule has 1 aromatic heterocycles. The van der Waals surface area contributed by atoms with Crippen molar-refractivity contribution in [3.05, 3.63) is 17.1 Å². The van der Waals surface area contributed by atoms with E-state index in [0.29, 0.717) is 5.92 Å². The van der Waals surface area contributed by atoms with Gasteiger partial charge in [0.25, 0.3) is 0 Å². The van der Waals surface area contributed by atoms with Crippen molar-refractivity contribution < 1.29 is 4.74 Å². The van der Waals surface area contributed by atoms with Gasteiger partial charge in [0.2, 0.25) is 0 Å². The zero-order chi connectivity index (χ0) is 12.4. The third-order valence-electron chi connectivity index (χ3n) is 2.95. The maximum atomic E-state index is 5.50. The highest BCUT2D eigenvalue weighted by Gasteiger charge is 2.24. The van der Waals surface area contributed by atoms with Gasteiger partial charge in [0.05, 0.1) is 5.69 Å². The minimum Gasteiger partial charge on any atom is -0.373 e. The minimum absolute atomic E-state index is 0.0296. The van der Waals surface area contributed by atoms with Crippen molar-refractivity contribution in [3.63, 3.8) is 0 Å². The Kier molecular flexibility index (Phi) is 3.89. The fourth-order valence-electron chi connectivity index (χ4n) is 2.08. The van der Waals surface area contributed by atoms with Crippen LogP contribution in [-0.4, -0.2) is 24.1 Å². The van der Waals surface area contributed by atoms with Gasteiger partial charge in [0.15, 0.2) is 5.82 Å². The lowest BCUT2D eigenvalue weighted by molar-refractivity contribution is 0.0574. The van der Waals surface area contributed by atoms with E-state index in [9.17, 15) is 0 Å². The molecule has 0 bridgehead atoms. The van der Waals surface area contributed by atoms with Crippen LogP contribution in [0.3, 0.4) is 0 Å². The lowest BCUT2D eigenvalue weighted by Crippen LogP contribution is -2.15. The van der Waals surface area contributed by atoms with E-state index in [1.54, 1.807) is 7.11 Å². The van der Waals surface area contributed by atoms with Gasteiger partial charge in [-0.1, -0.05) is 13.8 Å². The molecule has 0 aromatic carbocycles. The lowest BCUT2D eigenvalue weighted by Gasteiger charge is -2.19. The number of ether oxygens (including phenoxy) is 1. The van der Waals surface area contributed by atoms with Gasteiger partial charge >= 0.3 is 0 Å². The molecule has 1 aromatic rings. The number of hydrogen-bond acceptors (Lipinski definition) is 5. The second-order valence-electron chi connectivity index (χ2n) is 4.50. The molecule has 5 heteroatoms. The fraction of sp³-hybridized carbons (Fsp3) is 0.667. The summed E-state index contributed by atoms with van der Waals surface area (Å²) in [6, 6.07) is 0. The molecule has 0 saturated carbocycles. The van der Waals surface area contributed by atoms with Crippen molar-refractivity contribution in [2.45, 2.75) is 31.5 Å². The van der Waals surface area contributed by atoms with Gasteiger partial charge in [0.1, 0.15) is 11.9 Å². The van der Waals surface area contributed by atoms with Gasteiger partial charge in [0, 0.05) is 31.2 Å². The number of nitrogens with zero attached hydrogens (tertiary/aromatic N) is 2. The maximum absolute atomic E-state index is 5.50. The topological polar surface area (TPSA) is 47.0 Å². The molecule has 2 heterocycles. The fourth-order valence-corrected chi connectivity index (χ4v) is 3.12. The Morgan fingerprint density at radius 3 is 2.65 bits per heavy atom. The van der Waals surface area contributed by atoms with E-state index in [4.69, 9.17) is 4.74 Å². The van der Waals surface area contributed by atoms with E-state index < -0.39 is 0 Å². The molecule has 0 amide bonds. The van der Waals surface area contributed by atoms with Crippen LogP contribution in [0.5, 0.6) is 0 Å². The van der Waals surface area contributed by atoms with Crippen molar-refractivity contribution in [1.29, 1.82) is 0 Å². The first-order chi connectivity index (χ1) is 8.17. The Balaban J connectivity index is 2.42. The maximum Gasteiger partial charge on any atom is 0.160 e. The monoisotopic (exact) mass is 253 g/mol. The summed E-state index contributed by atoms with van der Waals surface area (Å²) < 4.78 is 5.50. The van der Waals surface area contributed by atoms with Gasteiger partial charge in [-0.15, -0.1) is 0 Å². The van der Waals surface area contributed by atoms with Crippen molar-refractivity contribution in [1.82, 2.24) is 9.97 Å². The van der Waals surface area contributed by atoms with E-state index in [-0.39, 0.29) is 6.10 Å². The molecule has 4 nitrogen and oxygen atoms in total. The summed E-state index contributed by atoms with van der Waals surface area (Å²) in [4.78, 5) is 9.25. The summed E-state index contributed by atoms with van der Waals surface area (Å²) >= 11 is 1.89. The molecule has 1 aliphatic heterocycles. The van der Waals surface area contributed by atoms with Gasteiger partial charge < -0.3 is 10.1 Å². The number of methoxy groups -OCH3 is 1. The van der Waals surface area contributed by atoms with Crippen LogP contribution < -0.4 is 5.32 Å². The number of anilines is 1. The third-order valence-corrected chi connectivity index (χ3v) is 3.92. The summed E-state index contributed by atoms with van der Waals surface area (Å²) in [6.07, 6.45) is -0.0296. The summed E-state index contributed by atoms with van der Waals surface area (Å²) in [6.45, 7) is 4.25. The smallest absolute Gasteiger partial charge is 0.160 e. The van der Waals surface area contributed by atoms with Gasteiger partial charge in [-0.25, -0.2) is 9.97 Å². The first-order valence-corrected chi connectivity index (χ1v) is 7.00. The molecule has 0 saturated heterocycles.